The maximum Gasteiger partial charge on any atom is 0.253 e. The fourth-order valence-corrected chi connectivity index (χ4v) is 3.64. The molecule has 0 radical (unpaired) electrons. The van der Waals surface area contributed by atoms with E-state index in [1.807, 2.05) is 53.6 Å². The van der Waals surface area contributed by atoms with E-state index in [9.17, 15) is 10.1 Å². The number of hydrogen-bond acceptors (Lipinski definition) is 4. The van der Waals surface area contributed by atoms with E-state index in [2.05, 4.69) is 11.0 Å². The summed E-state index contributed by atoms with van der Waals surface area (Å²) in [6.45, 7) is 4.80. The highest BCUT2D eigenvalue weighted by Gasteiger charge is 2.27. The van der Waals surface area contributed by atoms with E-state index < -0.39 is 0 Å². The van der Waals surface area contributed by atoms with Gasteiger partial charge in [0, 0.05) is 36.6 Å². The number of amides is 1. The van der Waals surface area contributed by atoms with E-state index in [1.165, 1.54) is 0 Å². The van der Waals surface area contributed by atoms with E-state index >= 15 is 0 Å². The average Bonchev–Trinajstić information content (AvgIpc) is 3.10. The second-order valence-electron chi connectivity index (χ2n) is 5.74. The molecule has 0 aliphatic carbocycles. The van der Waals surface area contributed by atoms with Crippen LogP contribution in [0.25, 0.3) is 0 Å². The number of carbonyl (C=O) groups excluding carboxylic acids is 1. The zero-order chi connectivity index (χ0) is 16.2. The molecule has 0 saturated carbocycles. The lowest BCUT2D eigenvalue weighted by molar-refractivity contribution is 0.0608. The van der Waals surface area contributed by atoms with Crippen molar-refractivity contribution in [3.05, 3.63) is 57.8 Å². The van der Waals surface area contributed by atoms with Crippen LogP contribution >= 0.6 is 11.3 Å². The summed E-state index contributed by atoms with van der Waals surface area (Å²) in [6, 6.07) is 13.9. The van der Waals surface area contributed by atoms with Crippen molar-refractivity contribution < 1.29 is 4.79 Å². The normalized spacial score (nSPS) is 16.8. The molecule has 0 bridgehead atoms. The summed E-state index contributed by atoms with van der Waals surface area (Å²) in [7, 11) is 0. The molecule has 23 heavy (non-hydrogen) atoms. The van der Waals surface area contributed by atoms with Crippen molar-refractivity contribution >= 4 is 17.2 Å². The SMILES string of the molecule is Cc1ccc(C(=O)N2CCN(C(C#N)c3cccs3)CC2)cc1. The number of benzene rings is 1. The van der Waals surface area contributed by atoms with Crippen molar-refractivity contribution in [3.8, 4) is 6.07 Å². The van der Waals surface area contributed by atoms with Gasteiger partial charge < -0.3 is 4.90 Å². The van der Waals surface area contributed by atoms with Gasteiger partial charge in [-0.3, -0.25) is 9.69 Å². The van der Waals surface area contributed by atoms with Crippen LogP contribution in [0.3, 0.4) is 0 Å². The third-order valence-electron chi connectivity index (χ3n) is 4.20. The van der Waals surface area contributed by atoms with Crippen LogP contribution in [0.1, 0.15) is 26.8 Å². The van der Waals surface area contributed by atoms with Crippen LogP contribution < -0.4 is 0 Å². The maximum atomic E-state index is 12.5. The van der Waals surface area contributed by atoms with Gasteiger partial charge >= 0.3 is 0 Å². The van der Waals surface area contributed by atoms with Crippen molar-refractivity contribution in [2.75, 3.05) is 26.2 Å². The van der Waals surface area contributed by atoms with Crippen LogP contribution in [0.2, 0.25) is 0 Å². The summed E-state index contributed by atoms with van der Waals surface area (Å²) in [6.07, 6.45) is 0. The molecule has 4 nitrogen and oxygen atoms in total. The predicted molar refractivity (Wildman–Crippen MR) is 91.3 cm³/mol. The fraction of sp³-hybridized carbons (Fsp3) is 0.333. The molecule has 2 aromatic rings. The molecule has 1 fully saturated rings. The first-order valence-electron chi connectivity index (χ1n) is 7.72. The molecule has 1 unspecified atom stereocenters. The van der Waals surface area contributed by atoms with Crippen LogP contribution in [-0.4, -0.2) is 41.9 Å². The fourth-order valence-electron chi connectivity index (χ4n) is 2.83. The highest BCUT2D eigenvalue weighted by Crippen LogP contribution is 2.25. The van der Waals surface area contributed by atoms with Crippen LogP contribution in [0.4, 0.5) is 0 Å². The molecule has 0 N–H and O–H groups in total. The first-order valence-corrected chi connectivity index (χ1v) is 8.60. The highest BCUT2D eigenvalue weighted by molar-refractivity contribution is 7.10. The second-order valence-corrected chi connectivity index (χ2v) is 6.72. The van der Waals surface area contributed by atoms with Gasteiger partial charge in [-0.15, -0.1) is 11.3 Å². The van der Waals surface area contributed by atoms with E-state index in [1.54, 1.807) is 11.3 Å². The summed E-state index contributed by atoms with van der Waals surface area (Å²) in [5.41, 5.74) is 1.89. The number of nitrogens with zero attached hydrogens (tertiary/aromatic N) is 3. The zero-order valence-electron chi connectivity index (χ0n) is 13.1. The van der Waals surface area contributed by atoms with Gasteiger partial charge in [0.15, 0.2) is 0 Å². The summed E-state index contributed by atoms with van der Waals surface area (Å²) in [5, 5.41) is 11.5. The molecular formula is C18H19N3OS. The summed E-state index contributed by atoms with van der Waals surface area (Å²) < 4.78 is 0. The lowest BCUT2D eigenvalue weighted by Gasteiger charge is -2.36. The second kappa shape index (κ2) is 6.95. The van der Waals surface area contributed by atoms with Gasteiger partial charge in [-0.2, -0.15) is 5.26 Å². The smallest absolute Gasteiger partial charge is 0.253 e. The van der Waals surface area contributed by atoms with E-state index in [-0.39, 0.29) is 11.9 Å². The average molecular weight is 325 g/mol. The van der Waals surface area contributed by atoms with Gasteiger partial charge in [0.2, 0.25) is 0 Å². The Morgan fingerprint density at radius 3 is 2.43 bits per heavy atom. The van der Waals surface area contributed by atoms with Crippen molar-refractivity contribution in [2.24, 2.45) is 0 Å². The molecule has 3 rings (SSSR count). The number of aryl methyl sites for hydroxylation is 1. The quantitative estimate of drug-likeness (QED) is 0.871. The van der Waals surface area contributed by atoms with Crippen molar-refractivity contribution in [1.82, 2.24) is 9.80 Å². The summed E-state index contributed by atoms with van der Waals surface area (Å²) >= 11 is 1.61. The third kappa shape index (κ3) is 3.44. The standard InChI is InChI=1S/C18H19N3OS/c1-14-4-6-15(7-5-14)18(22)21-10-8-20(9-11-21)16(13-19)17-3-2-12-23-17/h2-7,12,16H,8-11H2,1H3. The molecular weight excluding hydrogens is 306 g/mol. The summed E-state index contributed by atoms with van der Waals surface area (Å²) in [4.78, 5) is 17.6. The Labute approximate surface area is 140 Å². The molecule has 118 valence electrons. The van der Waals surface area contributed by atoms with Crippen LogP contribution in [0.5, 0.6) is 0 Å². The molecule has 1 aliphatic heterocycles. The molecule has 2 heterocycles. The van der Waals surface area contributed by atoms with Gasteiger partial charge in [0.05, 0.1) is 6.07 Å². The largest absolute Gasteiger partial charge is 0.336 e. The predicted octanol–water partition coefficient (Wildman–Crippen LogP) is 3.08. The number of rotatable bonds is 3. The number of nitriles is 1. The molecule has 0 spiro atoms. The number of thiophene rings is 1. The number of hydrogen-bond donors (Lipinski definition) is 0. The molecule has 5 heteroatoms. The van der Waals surface area contributed by atoms with Crippen LogP contribution in [0, 0.1) is 18.3 Å². The Bertz CT molecular complexity index is 695. The lowest BCUT2D eigenvalue weighted by atomic mass is 10.1. The Hall–Kier alpha value is -2.16. The van der Waals surface area contributed by atoms with Gasteiger partial charge in [0.25, 0.3) is 5.91 Å². The lowest BCUT2D eigenvalue weighted by Crippen LogP contribution is -2.49. The molecule has 1 saturated heterocycles. The topological polar surface area (TPSA) is 47.3 Å². The number of piperazine rings is 1. The van der Waals surface area contributed by atoms with Gasteiger partial charge in [-0.25, -0.2) is 0 Å². The summed E-state index contributed by atoms with van der Waals surface area (Å²) in [5.74, 6) is 0.0780. The Morgan fingerprint density at radius 2 is 1.87 bits per heavy atom. The van der Waals surface area contributed by atoms with E-state index in [4.69, 9.17) is 0 Å². The maximum absolute atomic E-state index is 12.5. The number of carbonyl (C=O) groups is 1. The Balaban J connectivity index is 1.63. The molecule has 1 atom stereocenters. The highest BCUT2D eigenvalue weighted by atomic mass is 32.1. The van der Waals surface area contributed by atoms with Gasteiger partial charge in [-0.1, -0.05) is 23.8 Å². The zero-order valence-corrected chi connectivity index (χ0v) is 13.9. The third-order valence-corrected chi connectivity index (χ3v) is 5.12. The van der Waals surface area contributed by atoms with Crippen LogP contribution in [-0.2, 0) is 0 Å². The Morgan fingerprint density at radius 1 is 1.17 bits per heavy atom. The first-order chi connectivity index (χ1) is 11.2. The monoisotopic (exact) mass is 325 g/mol. The molecule has 1 aromatic heterocycles. The van der Waals surface area contributed by atoms with E-state index in [0.29, 0.717) is 13.1 Å². The van der Waals surface area contributed by atoms with Gasteiger partial charge in [-0.05, 0) is 30.5 Å². The van der Waals surface area contributed by atoms with Crippen molar-refractivity contribution in [3.63, 3.8) is 0 Å². The molecule has 1 amide bonds. The van der Waals surface area contributed by atoms with Crippen LogP contribution in [0.15, 0.2) is 41.8 Å². The first kappa shape index (κ1) is 15.7. The van der Waals surface area contributed by atoms with E-state index in [0.717, 1.165) is 29.1 Å². The molecule has 1 aliphatic rings. The van der Waals surface area contributed by atoms with Gasteiger partial charge in [0.1, 0.15) is 6.04 Å². The minimum absolute atomic E-state index is 0.0780. The van der Waals surface area contributed by atoms with Crippen molar-refractivity contribution in [2.45, 2.75) is 13.0 Å². The minimum atomic E-state index is -0.202. The minimum Gasteiger partial charge on any atom is -0.336 e. The van der Waals surface area contributed by atoms with Crippen molar-refractivity contribution in [1.29, 1.82) is 5.26 Å². The Kier molecular flexibility index (Phi) is 4.75. The molecule has 1 aromatic carbocycles.